The number of anilines is 1. The number of rotatable bonds is 2. The maximum atomic E-state index is 12.5. The summed E-state index contributed by atoms with van der Waals surface area (Å²) >= 11 is 12.2. The molecule has 0 saturated heterocycles. The Labute approximate surface area is 137 Å². The van der Waals surface area contributed by atoms with Crippen molar-refractivity contribution >= 4 is 45.7 Å². The van der Waals surface area contributed by atoms with Gasteiger partial charge in [0.1, 0.15) is 0 Å². The van der Waals surface area contributed by atoms with E-state index in [-0.39, 0.29) is 5.91 Å². The molecular weight excluding hydrogens is 321 g/mol. The molecule has 3 aromatic rings. The number of carbonyl (C=O) groups is 1. The molecule has 0 bridgehead atoms. The van der Waals surface area contributed by atoms with Gasteiger partial charge < -0.3 is 5.32 Å². The van der Waals surface area contributed by atoms with Gasteiger partial charge in [-0.3, -0.25) is 9.48 Å². The third-order valence-corrected chi connectivity index (χ3v) is 4.19. The van der Waals surface area contributed by atoms with E-state index in [1.54, 1.807) is 23.9 Å². The Morgan fingerprint density at radius 2 is 1.91 bits per heavy atom. The lowest BCUT2D eigenvalue weighted by atomic mass is 10.2. The summed E-state index contributed by atoms with van der Waals surface area (Å²) in [4.78, 5) is 12.5. The van der Waals surface area contributed by atoms with Gasteiger partial charge in [0.2, 0.25) is 0 Å². The van der Waals surface area contributed by atoms with E-state index in [9.17, 15) is 4.79 Å². The summed E-state index contributed by atoms with van der Waals surface area (Å²) < 4.78 is 1.67. The number of halogens is 2. The summed E-state index contributed by atoms with van der Waals surface area (Å²) in [6.07, 6.45) is 0. The molecule has 2 aromatic carbocycles. The first kappa shape index (κ1) is 14.9. The van der Waals surface area contributed by atoms with Gasteiger partial charge in [0, 0.05) is 17.5 Å². The fraction of sp³-hybridized carbons (Fsp3) is 0.125. The smallest absolute Gasteiger partial charge is 0.276 e. The van der Waals surface area contributed by atoms with Gasteiger partial charge in [-0.15, -0.1) is 0 Å². The van der Waals surface area contributed by atoms with Crippen LogP contribution in [0.2, 0.25) is 10.0 Å². The minimum Gasteiger partial charge on any atom is -0.319 e. The van der Waals surface area contributed by atoms with Gasteiger partial charge >= 0.3 is 0 Å². The van der Waals surface area contributed by atoms with E-state index >= 15 is 0 Å². The van der Waals surface area contributed by atoms with Crippen LogP contribution in [0.4, 0.5) is 5.69 Å². The summed E-state index contributed by atoms with van der Waals surface area (Å²) in [5.41, 5.74) is 2.57. The molecule has 1 aromatic heterocycles. The molecule has 6 heteroatoms. The first-order valence-electron chi connectivity index (χ1n) is 6.66. The van der Waals surface area contributed by atoms with Gasteiger partial charge in [0.05, 0.1) is 16.2 Å². The summed E-state index contributed by atoms with van der Waals surface area (Å²) in [5, 5.41) is 8.83. The quantitative estimate of drug-likeness (QED) is 0.753. The third-order valence-electron chi connectivity index (χ3n) is 3.47. The minimum atomic E-state index is -0.321. The molecule has 0 atom stereocenters. The number of benzene rings is 2. The van der Waals surface area contributed by atoms with Gasteiger partial charge in [-0.05, 0) is 30.7 Å². The standard InChI is InChI=1S/C16H13Cl2N3O/c1-9-7-12(18)13(8-11(9)17)19-16(22)15-10-5-3-4-6-14(10)21(2)20-15/h3-8H,1-2H3,(H,19,22). The van der Waals surface area contributed by atoms with Crippen LogP contribution in [0.1, 0.15) is 16.1 Å². The predicted molar refractivity (Wildman–Crippen MR) is 89.9 cm³/mol. The molecule has 0 radical (unpaired) electrons. The number of aryl methyl sites for hydroxylation is 2. The number of aromatic nitrogens is 2. The van der Waals surface area contributed by atoms with Crippen LogP contribution in [0, 0.1) is 6.92 Å². The Kier molecular flexibility index (Phi) is 3.81. The SMILES string of the molecule is Cc1cc(Cl)c(NC(=O)c2nn(C)c3ccccc23)cc1Cl. The molecule has 0 spiro atoms. The number of carbonyl (C=O) groups excluding carboxylic acids is 1. The van der Waals surface area contributed by atoms with Gasteiger partial charge in [0.15, 0.2) is 5.69 Å². The van der Waals surface area contributed by atoms with Crippen molar-refractivity contribution < 1.29 is 4.79 Å². The second-order valence-corrected chi connectivity index (χ2v) is 5.84. The Bertz CT molecular complexity index is 886. The van der Waals surface area contributed by atoms with E-state index < -0.39 is 0 Å². The van der Waals surface area contributed by atoms with Crippen molar-refractivity contribution in [2.45, 2.75) is 6.92 Å². The van der Waals surface area contributed by atoms with Crippen LogP contribution >= 0.6 is 23.2 Å². The zero-order valence-electron chi connectivity index (χ0n) is 12.0. The van der Waals surface area contributed by atoms with Gasteiger partial charge in [-0.25, -0.2) is 0 Å². The third kappa shape index (κ3) is 2.56. The highest BCUT2D eigenvalue weighted by Crippen LogP contribution is 2.29. The number of hydrogen-bond donors (Lipinski definition) is 1. The van der Waals surface area contributed by atoms with Crippen molar-refractivity contribution in [3.8, 4) is 0 Å². The van der Waals surface area contributed by atoms with E-state index in [0.29, 0.717) is 21.4 Å². The van der Waals surface area contributed by atoms with Crippen LogP contribution in [0.5, 0.6) is 0 Å². The first-order valence-corrected chi connectivity index (χ1v) is 7.41. The van der Waals surface area contributed by atoms with E-state index in [1.807, 2.05) is 31.2 Å². The molecule has 112 valence electrons. The largest absolute Gasteiger partial charge is 0.319 e. The van der Waals surface area contributed by atoms with Crippen molar-refractivity contribution in [3.05, 3.63) is 57.7 Å². The lowest BCUT2D eigenvalue weighted by Crippen LogP contribution is -2.13. The molecule has 0 aliphatic heterocycles. The van der Waals surface area contributed by atoms with Crippen LogP contribution in [0.15, 0.2) is 36.4 Å². The maximum absolute atomic E-state index is 12.5. The van der Waals surface area contributed by atoms with Gasteiger partial charge in [-0.1, -0.05) is 41.4 Å². The normalized spacial score (nSPS) is 10.9. The Morgan fingerprint density at radius 1 is 1.18 bits per heavy atom. The average Bonchev–Trinajstić information content (AvgIpc) is 2.83. The van der Waals surface area contributed by atoms with Crippen LogP contribution in [0.3, 0.4) is 0 Å². The molecule has 1 amide bonds. The van der Waals surface area contributed by atoms with Gasteiger partial charge in [-0.2, -0.15) is 5.10 Å². The molecule has 0 aliphatic carbocycles. The van der Waals surface area contributed by atoms with E-state index in [0.717, 1.165) is 16.5 Å². The number of hydrogen-bond acceptors (Lipinski definition) is 2. The first-order chi connectivity index (χ1) is 10.5. The summed E-state index contributed by atoms with van der Waals surface area (Å²) in [7, 11) is 1.80. The number of amides is 1. The van der Waals surface area contributed by atoms with Crippen molar-refractivity contribution in [1.29, 1.82) is 0 Å². The van der Waals surface area contributed by atoms with E-state index in [4.69, 9.17) is 23.2 Å². The van der Waals surface area contributed by atoms with Crippen molar-refractivity contribution in [2.75, 3.05) is 5.32 Å². The lowest BCUT2D eigenvalue weighted by Gasteiger charge is -2.08. The summed E-state index contributed by atoms with van der Waals surface area (Å²) in [6, 6.07) is 10.9. The monoisotopic (exact) mass is 333 g/mol. The van der Waals surface area contributed by atoms with Crippen LogP contribution in [-0.2, 0) is 7.05 Å². The second-order valence-electron chi connectivity index (χ2n) is 5.02. The van der Waals surface area contributed by atoms with Crippen molar-refractivity contribution in [2.24, 2.45) is 7.05 Å². The fourth-order valence-corrected chi connectivity index (χ4v) is 2.73. The lowest BCUT2D eigenvalue weighted by molar-refractivity contribution is 0.102. The minimum absolute atomic E-state index is 0.321. The highest BCUT2D eigenvalue weighted by atomic mass is 35.5. The second kappa shape index (κ2) is 5.63. The van der Waals surface area contributed by atoms with Crippen molar-refractivity contribution in [3.63, 3.8) is 0 Å². The molecule has 3 rings (SSSR count). The molecule has 1 heterocycles. The zero-order valence-corrected chi connectivity index (χ0v) is 13.5. The van der Waals surface area contributed by atoms with Crippen LogP contribution < -0.4 is 5.32 Å². The number of para-hydroxylation sites is 1. The number of nitrogens with zero attached hydrogens (tertiary/aromatic N) is 2. The number of nitrogens with one attached hydrogen (secondary N) is 1. The molecule has 4 nitrogen and oxygen atoms in total. The molecule has 22 heavy (non-hydrogen) atoms. The van der Waals surface area contributed by atoms with Crippen molar-refractivity contribution in [1.82, 2.24) is 9.78 Å². The van der Waals surface area contributed by atoms with Crippen LogP contribution in [-0.4, -0.2) is 15.7 Å². The Hall–Kier alpha value is -2.04. The highest BCUT2D eigenvalue weighted by molar-refractivity contribution is 6.36. The Balaban J connectivity index is 1.99. The number of fused-ring (bicyclic) bond motifs is 1. The van der Waals surface area contributed by atoms with E-state index in [1.165, 1.54) is 0 Å². The molecular formula is C16H13Cl2N3O. The maximum Gasteiger partial charge on any atom is 0.276 e. The summed E-state index contributed by atoms with van der Waals surface area (Å²) in [6.45, 7) is 1.85. The highest BCUT2D eigenvalue weighted by Gasteiger charge is 2.17. The molecule has 0 unspecified atom stereocenters. The molecule has 0 saturated carbocycles. The predicted octanol–water partition coefficient (Wildman–Crippen LogP) is 4.44. The Morgan fingerprint density at radius 3 is 2.68 bits per heavy atom. The van der Waals surface area contributed by atoms with E-state index in [2.05, 4.69) is 10.4 Å². The topological polar surface area (TPSA) is 46.9 Å². The van der Waals surface area contributed by atoms with Gasteiger partial charge in [0.25, 0.3) is 5.91 Å². The zero-order chi connectivity index (χ0) is 15.9. The fourth-order valence-electron chi connectivity index (χ4n) is 2.31. The average molecular weight is 334 g/mol. The van der Waals surface area contributed by atoms with Crippen LogP contribution in [0.25, 0.3) is 10.9 Å². The molecule has 1 N–H and O–H groups in total. The molecule has 0 aliphatic rings. The molecule has 0 fully saturated rings. The summed E-state index contributed by atoms with van der Waals surface area (Å²) in [5.74, 6) is -0.321.